The van der Waals surface area contributed by atoms with Gasteiger partial charge >= 0.3 is 0 Å². The SMILES string of the molecule is Cc1cccc(C(=O)c2sccc2Cl)c1N. The van der Waals surface area contributed by atoms with Gasteiger partial charge in [-0.15, -0.1) is 11.3 Å². The number of benzene rings is 1. The van der Waals surface area contributed by atoms with E-state index in [9.17, 15) is 4.79 Å². The fourth-order valence-corrected chi connectivity index (χ4v) is 2.55. The second-order valence-electron chi connectivity index (χ2n) is 3.46. The predicted molar refractivity (Wildman–Crippen MR) is 68.4 cm³/mol. The number of hydrogen-bond acceptors (Lipinski definition) is 3. The number of carbonyl (C=O) groups is 1. The Labute approximate surface area is 103 Å². The number of para-hydroxylation sites is 1. The van der Waals surface area contributed by atoms with E-state index in [0.717, 1.165) is 5.56 Å². The molecule has 4 heteroatoms. The summed E-state index contributed by atoms with van der Waals surface area (Å²) < 4.78 is 0. The van der Waals surface area contributed by atoms with Crippen LogP contribution in [0.4, 0.5) is 5.69 Å². The zero-order chi connectivity index (χ0) is 11.7. The van der Waals surface area contributed by atoms with Crippen molar-refractivity contribution in [2.24, 2.45) is 0 Å². The zero-order valence-corrected chi connectivity index (χ0v) is 10.2. The lowest BCUT2D eigenvalue weighted by atomic mass is 10.0. The van der Waals surface area contributed by atoms with E-state index in [-0.39, 0.29) is 5.78 Å². The number of nitrogens with two attached hydrogens (primary N) is 1. The summed E-state index contributed by atoms with van der Waals surface area (Å²) >= 11 is 7.26. The van der Waals surface area contributed by atoms with Crippen molar-refractivity contribution in [1.29, 1.82) is 0 Å². The molecule has 0 radical (unpaired) electrons. The molecule has 0 saturated heterocycles. The first-order chi connectivity index (χ1) is 7.61. The monoisotopic (exact) mass is 251 g/mol. The molecule has 0 atom stereocenters. The van der Waals surface area contributed by atoms with Crippen LogP contribution < -0.4 is 5.73 Å². The Balaban J connectivity index is 2.50. The quantitative estimate of drug-likeness (QED) is 0.656. The summed E-state index contributed by atoms with van der Waals surface area (Å²) in [7, 11) is 0. The Kier molecular flexibility index (Phi) is 2.99. The maximum Gasteiger partial charge on any atom is 0.206 e. The zero-order valence-electron chi connectivity index (χ0n) is 8.66. The molecule has 0 aliphatic rings. The van der Waals surface area contributed by atoms with E-state index in [2.05, 4.69) is 0 Å². The van der Waals surface area contributed by atoms with Crippen LogP contribution in [0.25, 0.3) is 0 Å². The van der Waals surface area contributed by atoms with Crippen LogP contribution >= 0.6 is 22.9 Å². The molecule has 1 heterocycles. The van der Waals surface area contributed by atoms with E-state index in [1.165, 1.54) is 11.3 Å². The third kappa shape index (κ3) is 1.84. The van der Waals surface area contributed by atoms with Gasteiger partial charge in [-0.25, -0.2) is 0 Å². The molecule has 82 valence electrons. The van der Waals surface area contributed by atoms with Crippen molar-refractivity contribution in [1.82, 2.24) is 0 Å². The second kappa shape index (κ2) is 4.28. The van der Waals surface area contributed by atoms with Gasteiger partial charge in [0.25, 0.3) is 0 Å². The lowest BCUT2D eigenvalue weighted by Crippen LogP contribution is -2.05. The average molecular weight is 252 g/mol. The third-order valence-electron chi connectivity index (χ3n) is 2.39. The highest BCUT2D eigenvalue weighted by molar-refractivity contribution is 7.13. The topological polar surface area (TPSA) is 43.1 Å². The van der Waals surface area contributed by atoms with Crippen LogP contribution in [0.15, 0.2) is 29.6 Å². The summed E-state index contributed by atoms with van der Waals surface area (Å²) in [6, 6.07) is 7.13. The number of hydrogen-bond donors (Lipinski definition) is 1. The van der Waals surface area contributed by atoms with Gasteiger partial charge in [0.1, 0.15) is 0 Å². The third-order valence-corrected chi connectivity index (χ3v) is 3.73. The molecule has 0 aliphatic carbocycles. The van der Waals surface area contributed by atoms with Gasteiger partial charge in [0.15, 0.2) is 0 Å². The molecule has 2 N–H and O–H groups in total. The molecule has 0 aliphatic heterocycles. The molecule has 1 aromatic heterocycles. The standard InChI is InChI=1S/C12H10ClNOS/c1-7-3-2-4-8(10(7)14)11(15)12-9(13)5-6-16-12/h2-6H,14H2,1H3. The smallest absolute Gasteiger partial charge is 0.206 e. The molecule has 0 amide bonds. The summed E-state index contributed by atoms with van der Waals surface area (Å²) in [5, 5.41) is 2.28. The van der Waals surface area contributed by atoms with Crippen molar-refractivity contribution in [3.8, 4) is 0 Å². The summed E-state index contributed by atoms with van der Waals surface area (Å²) in [5.41, 5.74) is 7.82. The Morgan fingerprint density at radius 1 is 1.38 bits per heavy atom. The predicted octanol–water partition coefficient (Wildman–Crippen LogP) is 3.52. The maximum absolute atomic E-state index is 12.1. The van der Waals surface area contributed by atoms with Crippen LogP contribution in [0.5, 0.6) is 0 Å². The van der Waals surface area contributed by atoms with E-state index in [1.54, 1.807) is 17.5 Å². The number of carbonyl (C=O) groups excluding carboxylic acids is 1. The summed E-state index contributed by atoms with van der Waals surface area (Å²) in [6.45, 7) is 1.88. The van der Waals surface area contributed by atoms with Crippen molar-refractivity contribution in [2.45, 2.75) is 6.92 Å². The summed E-state index contributed by atoms with van der Waals surface area (Å²) in [6.07, 6.45) is 0. The Bertz CT molecular complexity index is 548. The van der Waals surface area contributed by atoms with E-state index in [0.29, 0.717) is 21.2 Å². The van der Waals surface area contributed by atoms with Gasteiger partial charge in [-0.1, -0.05) is 23.7 Å². The van der Waals surface area contributed by atoms with Crippen molar-refractivity contribution in [3.05, 3.63) is 50.7 Å². The highest BCUT2D eigenvalue weighted by atomic mass is 35.5. The van der Waals surface area contributed by atoms with Gasteiger partial charge in [0.05, 0.1) is 9.90 Å². The van der Waals surface area contributed by atoms with Gasteiger partial charge in [-0.05, 0) is 30.0 Å². The molecule has 16 heavy (non-hydrogen) atoms. The highest BCUT2D eigenvalue weighted by Crippen LogP contribution is 2.27. The normalized spacial score (nSPS) is 10.4. The molecule has 0 spiro atoms. The molecular weight excluding hydrogens is 242 g/mol. The van der Waals surface area contributed by atoms with Gasteiger partial charge < -0.3 is 5.73 Å². The number of rotatable bonds is 2. The van der Waals surface area contributed by atoms with Crippen molar-refractivity contribution in [3.63, 3.8) is 0 Å². The first-order valence-corrected chi connectivity index (χ1v) is 6.00. The minimum atomic E-state index is -0.110. The Hall–Kier alpha value is -1.32. The fourth-order valence-electron chi connectivity index (χ4n) is 1.46. The largest absolute Gasteiger partial charge is 0.398 e. The Morgan fingerprint density at radius 3 is 2.75 bits per heavy atom. The molecule has 1 aromatic carbocycles. The van der Waals surface area contributed by atoms with Gasteiger partial charge in [0.2, 0.25) is 5.78 Å². The van der Waals surface area contributed by atoms with Crippen molar-refractivity contribution in [2.75, 3.05) is 5.73 Å². The molecule has 2 rings (SSSR count). The number of halogens is 1. The summed E-state index contributed by atoms with van der Waals surface area (Å²) in [5.74, 6) is -0.110. The molecule has 0 unspecified atom stereocenters. The number of thiophene rings is 1. The minimum absolute atomic E-state index is 0.110. The van der Waals surface area contributed by atoms with Crippen molar-refractivity contribution < 1.29 is 4.79 Å². The lowest BCUT2D eigenvalue weighted by molar-refractivity contribution is 0.104. The van der Waals surface area contributed by atoms with E-state index in [1.807, 2.05) is 19.1 Å². The fraction of sp³-hybridized carbons (Fsp3) is 0.0833. The van der Waals surface area contributed by atoms with Gasteiger partial charge in [0, 0.05) is 11.3 Å². The first-order valence-electron chi connectivity index (χ1n) is 4.74. The molecule has 0 fully saturated rings. The van der Waals surface area contributed by atoms with E-state index < -0.39 is 0 Å². The van der Waals surface area contributed by atoms with Crippen LogP contribution in [0.3, 0.4) is 0 Å². The molecular formula is C12H10ClNOS. The molecule has 0 saturated carbocycles. The Morgan fingerprint density at radius 2 is 2.12 bits per heavy atom. The number of anilines is 1. The highest BCUT2D eigenvalue weighted by Gasteiger charge is 2.17. The molecule has 0 bridgehead atoms. The van der Waals surface area contributed by atoms with E-state index in [4.69, 9.17) is 17.3 Å². The minimum Gasteiger partial charge on any atom is -0.398 e. The van der Waals surface area contributed by atoms with Crippen molar-refractivity contribution >= 4 is 34.4 Å². The van der Waals surface area contributed by atoms with Crippen LogP contribution in [0.2, 0.25) is 5.02 Å². The number of nitrogen functional groups attached to an aromatic ring is 1. The molecule has 2 aromatic rings. The van der Waals surface area contributed by atoms with Gasteiger partial charge in [-0.3, -0.25) is 4.79 Å². The van der Waals surface area contributed by atoms with Crippen LogP contribution in [-0.4, -0.2) is 5.78 Å². The average Bonchev–Trinajstić information content (AvgIpc) is 2.68. The first kappa shape index (κ1) is 11.2. The number of aryl methyl sites for hydroxylation is 1. The van der Waals surface area contributed by atoms with Crippen LogP contribution in [-0.2, 0) is 0 Å². The van der Waals surface area contributed by atoms with E-state index >= 15 is 0 Å². The molecule has 2 nitrogen and oxygen atoms in total. The van der Waals surface area contributed by atoms with Crippen LogP contribution in [0, 0.1) is 6.92 Å². The second-order valence-corrected chi connectivity index (χ2v) is 4.79. The number of ketones is 1. The van der Waals surface area contributed by atoms with Crippen LogP contribution in [0.1, 0.15) is 20.8 Å². The maximum atomic E-state index is 12.1. The lowest BCUT2D eigenvalue weighted by Gasteiger charge is -2.06. The van der Waals surface area contributed by atoms with Gasteiger partial charge in [-0.2, -0.15) is 0 Å². The summed E-state index contributed by atoms with van der Waals surface area (Å²) in [4.78, 5) is 12.7.